The van der Waals surface area contributed by atoms with Gasteiger partial charge in [-0.2, -0.15) is 30.4 Å². The van der Waals surface area contributed by atoms with Crippen LogP contribution in [0.2, 0.25) is 0 Å². The monoisotopic (exact) mass is 304 g/mol. The highest BCUT2D eigenvalue weighted by molar-refractivity contribution is 7.85. The van der Waals surface area contributed by atoms with Crippen LogP contribution >= 0.6 is 0 Å². The van der Waals surface area contributed by atoms with Crippen LogP contribution in [-0.2, 0) is 10.1 Å². The maximum Gasteiger partial charge on any atom is 0.459 e. The van der Waals surface area contributed by atoms with Gasteiger partial charge in [0.25, 0.3) is 15.9 Å². The Bertz CT molecular complexity index is 590. The molecule has 0 fully saturated rings. The summed E-state index contributed by atoms with van der Waals surface area (Å²) in [4.78, 5) is -0.629. The number of ether oxygens (including phenoxy) is 1. The molecule has 1 aromatic carbocycles. The summed E-state index contributed by atoms with van der Waals surface area (Å²) >= 11 is 0. The van der Waals surface area contributed by atoms with E-state index in [1.54, 1.807) is 0 Å². The van der Waals surface area contributed by atoms with Crippen LogP contribution in [0, 0.1) is 0 Å². The van der Waals surface area contributed by atoms with Crippen molar-refractivity contribution in [3.05, 3.63) is 36.2 Å². The number of rotatable bonds is 4. The summed E-state index contributed by atoms with van der Waals surface area (Å²) in [6, 6.07) is 2.63. The van der Waals surface area contributed by atoms with Gasteiger partial charge in [-0.05, 0) is 24.3 Å². The quantitative estimate of drug-likeness (QED) is 0.686. The second-order valence-electron chi connectivity index (χ2n) is 3.14. The van der Waals surface area contributed by atoms with Crippen molar-refractivity contribution < 1.29 is 39.7 Å². The fourth-order valence-corrected chi connectivity index (χ4v) is 1.46. The van der Waals surface area contributed by atoms with E-state index in [-0.39, 0.29) is 0 Å². The van der Waals surface area contributed by atoms with Crippen molar-refractivity contribution in [1.29, 1.82) is 0 Å². The van der Waals surface area contributed by atoms with Crippen LogP contribution in [0.5, 0.6) is 5.75 Å². The Morgan fingerprint density at radius 1 is 1.11 bits per heavy atom. The lowest BCUT2D eigenvalue weighted by Gasteiger charge is -2.15. The molecular weight excluding hydrogens is 299 g/mol. The van der Waals surface area contributed by atoms with Crippen LogP contribution in [-0.4, -0.2) is 19.1 Å². The lowest BCUT2D eigenvalue weighted by molar-refractivity contribution is -0.159. The normalized spacial score (nSPS) is 12.1. The number of halogens is 5. The maximum atomic E-state index is 12.8. The SMILES string of the molecule is O=S(=O)(O)c1ccc(OC(F)(F)C(F)=C(F)F)cc1. The molecule has 0 radical (unpaired) electrons. The molecule has 1 aromatic rings. The molecule has 0 heterocycles. The van der Waals surface area contributed by atoms with Crippen LogP contribution in [0.3, 0.4) is 0 Å². The Kier molecular flexibility index (Phi) is 4.15. The first-order valence-corrected chi connectivity index (χ1v) is 5.83. The van der Waals surface area contributed by atoms with Gasteiger partial charge < -0.3 is 4.74 Å². The smallest absolute Gasteiger partial charge is 0.427 e. The molecule has 106 valence electrons. The fourth-order valence-electron chi connectivity index (χ4n) is 0.982. The van der Waals surface area contributed by atoms with E-state index in [1.165, 1.54) is 0 Å². The summed E-state index contributed by atoms with van der Waals surface area (Å²) in [5.74, 6) is -3.82. The van der Waals surface area contributed by atoms with Crippen LogP contribution in [0.25, 0.3) is 0 Å². The summed E-state index contributed by atoms with van der Waals surface area (Å²) in [5.41, 5.74) is 0. The number of hydrogen-bond acceptors (Lipinski definition) is 3. The number of benzene rings is 1. The second kappa shape index (κ2) is 5.13. The molecule has 4 nitrogen and oxygen atoms in total. The molecule has 0 atom stereocenters. The maximum absolute atomic E-state index is 12.8. The first-order chi connectivity index (χ1) is 8.54. The predicted molar refractivity (Wildman–Crippen MR) is 52.2 cm³/mol. The average molecular weight is 304 g/mol. The minimum absolute atomic E-state index is 0.629. The van der Waals surface area contributed by atoms with E-state index >= 15 is 0 Å². The van der Waals surface area contributed by atoms with Crippen molar-refractivity contribution in [3.8, 4) is 5.75 Å². The highest BCUT2D eigenvalue weighted by Crippen LogP contribution is 2.32. The minimum Gasteiger partial charge on any atom is -0.427 e. The standard InChI is InChI=1S/C9H5F5O4S/c10-7(8(11)12)9(13,14)18-5-1-3-6(4-2-5)19(15,16)17/h1-4H,(H,15,16,17). The van der Waals surface area contributed by atoms with E-state index in [0.29, 0.717) is 24.3 Å². The zero-order valence-electron chi connectivity index (χ0n) is 8.78. The number of alkyl halides is 2. The zero-order valence-corrected chi connectivity index (χ0v) is 9.60. The molecule has 1 N–H and O–H groups in total. The molecule has 0 amide bonds. The van der Waals surface area contributed by atoms with Crippen LogP contribution in [0.1, 0.15) is 0 Å². The third kappa shape index (κ3) is 3.89. The second-order valence-corrected chi connectivity index (χ2v) is 4.56. The Balaban J connectivity index is 2.99. The van der Waals surface area contributed by atoms with Gasteiger partial charge in [-0.15, -0.1) is 0 Å². The summed E-state index contributed by atoms with van der Waals surface area (Å²) in [6.45, 7) is 0. The highest BCUT2D eigenvalue weighted by atomic mass is 32.2. The molecule has 1 rings (SSSR count). The van der Waals surface area contributed by atoms with E-state index in [4.69, 9.17) is 4.55 Å². The first kappa shape index (κ1) is 15.4. The van der Waals surface area contributed by atoms with Crippen LogP contribution in [0.4, 0.5) is 22.0 Å². The van der Waals surface area contributed by atoms with Gasteiger partial charge in [-0.1, -0.05) is 0 Å². The van der Waals surface area contributed by atoms with Gasteiger partial charge in [-0.3, -0.25) is 4.55 Å². The summed E-state index contributed by atoms with van der Waals surface area (Å²) in [5, 5.41) is 0. The Morgan fingerprint density at radius 3 is 1.95 bits per heavy atom. The predicted octanol–water partition coefficient (Wildman–Crippen LogP) is 2.98. The van der Waals surface area contributed by atoms with E-state index in [9.17, 15) is 30.4 Å². The van der Waals surface area contributed by atoms with E-state index in [0.717, 1.165) is 0 Å². The van der Waals surface area contributed by atoms with Gasteiger partial charge in [0.05, 0.1) is 4.90 Å². The summed E-state index contributed by atoms with van der Waals surface area (Å²) in [6.07, 6.45) is -8.13. The Hall–Kier alpha value is -1.68. The summed E-state index contributed by atoms with van der Waals surface area (Å²) < 4.78 is 94.8. The average Bonchev–Trinajstić information content (AvgIpc) is 2.26. The van der Waals surface area contributed by atoms with Crippen molar-refractivity contribution in [2.24, 2.45) is 0 Å². The van der Waals surface area contributed by atoms with Crippen molar-refractivity contribution in [1.82, 2.24) is 0 Å². The molecule has 0 saturated heterocycles. The minimum atomic E-state index is -4.89. The van der Waals surface area contributed by atoms with Crippen LogP contribution < -0.4 is 4.74 Å². The molecule has 19 heavy (non-hydrogen) atoms. The van der Waals surface area contributed by atoms with Gasteiger partial charge in [0.2, 0.25) is 0 Å². The lowest BCUT2D eigenvalue weighted by atomic mass is 10.3. The van der Waals surface area contributed by atoms with Crippen molar-refractivity contribution in [2.45, 2.75) is 11.0 Å². The molecule has 0 aliphatic carbocycles. The Labute approximate surface area is 103 Å². The molecular formula is C9H5F5O4S. The molecule has 0 aliphatic heterocycles. The topological polar surface area (TPSA) is 63.6 Å². The first-order valence-electron chi connectivity index (χ1n) is 4.39. The third-order valence-corrected chi connectivity index (χ3v) is 2.66. The van der Waals surface area contributed by atoms with E-state index < -0.39 is 38.8 Å². The van der Waals surface area contributed by atoms with Gasteiger partial charge in [0.1, 0.15) is 5.75 Å². The molecule has 0 bridgehead atoms. The molecule has 10 heteroatoms. The highest BCUT2D eigenvalue weighted by Gasteiger charge is 2.42. The molecule has 0 spiro atoms. The van der Waals surface area contributed by atoms with Crippen molar-refractivity contribution >= 4 is 10.1 Å². The van der Waals surface area contributed by atoms with Gasteiger partial charge in [0.15, 0.2) is 0 Å². The van der Waals surface area contributed by atoms with Gasteiger partial charge >= 0.3 is 12.2 Å². The third-order valence-electron chi connectivity index (χ3n) is 1.79. The van der Waals surface area contributed by atoms with E-state index in [2.05, 4.69) is 4.74 Å². The zero-order chi connectivity index (χ0) is 14.8. The molecule has 0 saturated carbocycles. The van der Waals surface area contributed by atoms with E-state index in [1.807, 2.05) is 0 Å². The van der Waals surface area contributed by atoms with Gasteiger partial charge in [0, 0.05) is 0 Å². The molecule has 0 unspecified atom stereocenters. The van der Waals surface area contributed by atoms with Crippen molar-refractivity contribution in [2.75, 3.05) is 0 Å². The lowest BCUT2D eigenvalue weighted by Crippen LogP contribution is -2.26. The van der Waals surface area contributed by atoms with Crippen molar-refractivity contribution in [3.63, 3.8) is 0 Å². The largest absolute Gasteiger partial charge is 0.459 e. The fraction of sp³-hybridized carbons (Fsp3) is 0.111. The number of hydrogen-bond donors (Lipinski definition) is 1. The van der Waals surface area contributed by atoms with Gasteiger partial charge in [-0.25, -0.2) is 0 Å². The van der Waals surface area contributed by atoms with Crippen LogP contribution in [0.15, 0.2) is 41.1 Å². The molecule has 0 aromatic heterocycles. The summed E-state index contributed by atoms with van der Waals surface area (Å²) in [7, 11) is -4.54. The molecule has 0 aliphatic rings. The Morgan fingerprint density at radius 2 is 1.58 bits per heavy atom.